The quantitative estimate of drug-likeness (QED) is 0.857. The molecule has 0 bridgehead atoms. The van der Waals surface area contributed by atoms with Crippen LogP contribution in [0.1, 0.15) is 5.56 Å². The number of hydrogen-bond acceptors (Lipinski definition) is 4. The van der Waals surface area contributed by atoms with Crippen molar-refractivity contribution in [1.29, 1.82) is 0 Å². The molecule has 82 valence electrons. The molecule has 2 rings (SSSR count). The summed E-state index contributed by atoms with van der Waals surface area (Å²) >= 11 is 11.6. The number of aromatic nitrogens is 3. The van der Waals surface area contributed by atoms with Crippen LogP contribution in [0.4, 0.5) is 5.82 Å². The molecule has 2 heterocycles. The van der Waals surface area contributed by atoms with Gasteiger partial charge in [-0.3, -0.25) is 4.98 Å². The van der Waals surface area contributed by atoms with Crippen molar-refractivity contribution in [1.82, 2.24) is 15.0 Å². The highest BCUT2D eigenvalue weighted by atomic mass is 35.5. The third kappa shape index (κ3) is 2.81. The number of anilines is 1. The number of pyridine rings is 1. The SMILES string of the molecule is Clc1ncc(Cl)c(NCc2cccnc2)n1. The standard InChI is InChI=1S/C10H8Cl2N4/c11-8-6-15-10(12)16-9(8)14-5-7-2-1-3-13-4-7/h1-4,6H,5H2,(H,14,15,16). The molecule has 0 atom stereocenters. The maximum Gasteiger partial charge on any atom is 0.224 e. The monoisotopic (exact) mass is 254 g/mol. The molecule has 0 spiro atoms. The fraction of sp³-hybridized carbons (Fsp3) is 0.100. The molecule has 0 unspecified atom stereocenters. The van der Waals surface area contributed by atoms with Crippen LogP contribution < -0.4 is 5.32 Å². The first-order valence-electron chi connectivity index (χ1n) is 4.56. The molecule has 0 saturated heterocycles. The van der Waals surface area contributed by atoms with Crippen molar-refractivity contribution >= 4 is 29.0 Å². The molecule has 0 saturated carbocycles. The first-order valence-corrected chi connectivity index (χ1v) is 5.32. The van der Waals surface area contributed by atoms with Gasteiger partial charge in [-0.15, -0.1) is 0 Å². The third-order valence-electron chi connectivity index (χ3n) is 1.90. The van der Waals surface area contributed by atoms with Crippen molar-refractivity contribution < 1.29 is 0 Å². The van der Waals surface area contributed by atoms with E-state index < -0.39 is 0 Å². The van der Waals surface area contributed by atoms with E-state index in [2.05, 4.69) is 20.3 Å². The van der Waals surface area contributed by atoms with Gasteiger partial charge in [0.05, 0.1) is 6.20 Å². The van der Waals surface area contributed by atoms with E-state index in [-0.39, 0.29) is 5.28 Å². The predicted molar refractivity (Wildman–Crippen MR) is 63.6 cm³/mol. The first kappa shape index (κ1) is 11.1. The largest absolute Gasteiger partial charge is 0.365 e. The second-order valence-corrected chi connectivity index (χ2v) is 3.80. The van der Waals surface area contributed by atoms with E-state index in [9.17, 15) is 0 Å². The van der Waals surface area contributed by atoms with E-state index in [1.54, 1.807) is 12.4 Å². The van der Waals surface area contributed by atoms with E-state index >= 15 is 0 Å². The van der Waals surface area contributed by atoms with Crippen LogP contribution >= 0.6 is 23.2 Å². The summed E-state index contributed by atoms with van der Waals surface area (Å²) in [6.45, 7) is 0.584. The molecule has 2 aromatic rings. The molecule has 16 heavy (non-hydrogen) atoms. The van der Waals surface area contributed by atoms with Crippen molar-refractivity contribution in [2.24, 2.45) is 0 Å². The van der Waals surface area contributed by atoms with Gasteiger partial charge in [0.25, 0.3) is 0 Å². The van der Waals surface area contributed by atoms with Gasteiger partial charge in [-0.2, -0.15) is 4.98 Å². The average Bonchev–Trinajstić information content (AvgIpc) is 2.32. The predicted octanol–water partition coefficient (Wildman–Crippen LogP) is 2.79. The van der Waals surface area contributed by atoms with Crippen molar-refractivity contribution in [3.8, 4) is 0 Å². The molecule has 2 aromatic heterocycles. The summed E-state index contributed by atoms with van der Waals surface area (Å²) in [7, 11) is 0. The van der Waals surface area contributed by atoms with Crippen molar-refractivity contribution in [2.45, 2.75) is 6.54 Å². The molecule has 0 aliphatic heterocycles. The van der Waals surface area contributed by atoms with E-state index in [1.807, 2.05) is 12.1 Å². The maximum atomic E-state index is 5.90. The van der Waals surface area contributed by atoms with Gasteiger partial charge in [-0.1, -0.05) is 17.7 Å². The summed E-state index contributed by atoms with van der Waals surface area (Å²) in [5.41, 5.74) is 1.04. The van der Waals surface area contributed by atoms with Crippen LogP contribution in [0, 0.1) is 0 Å². The van der Waals surface area contributed by atoms with Crippen molar-refractivity contribution in [3.05, 3.63) is 46.6 Å². The molecule has 0 amide bonds. The molecule has 0 aliphatic rings. The molecule has 4 nitrogen and oxygen atoms in total. The Morgan fingerprint density at radius 3 is 2.88 bits per heavy atom. The van der Waals surface area contributed by atoms with Crippen LogP contribution in [-0.4, -0.2) is 15.0 Å². The fourth-order valence-corrected chi connectivity index (χ4v) is 1.45. The number of nitrogens with zero attached hydrogens (tertiary/aromatic N) is 3. The molecule has 0 aromatic carbocycles. The Bertz CT molecular complexity index is 476. The molecule has 0 radical (unpaired) electrons. The topological polar surface area (TPSA) is 50.7 Å². The van der Waals surface area contributed by atoms with E-state index in [1.165, 1.54) is 6.20 Å². The van der Waals surface area contributed by atoms with E-state index in [0.29, 0.717) is 17.4 Å². The fourth-order valence-electron chi connectivity index (χ4n) is 1.16. The van der Waals surface area contributed by atoms with Gasteiger partial charge in [0, 0.05) is 18.9 Å². The van der Waals surface area contributed by atoms with Gasteiger partial charge < -0.3 is 5.32 Å². The lowest BCUT2D eigenvalue weighted by Crippen LogP contribution is -2.02. The zero-order valence-corrected chi connectivity index (χ0v) is 9.70. The van der Waals surface area contributed by atoms with E-state index in [0.717, 1.165) is 5.56 Å². The minimum atomic E-state index is 0.165. The molecule has 0 aliphatic carbocycles. The third-order valence-corrected chi connectivity index (χ3v) is 2.36. The van der Waals surface area contributed by atoms with Gasteiger partial charge in [0.2, 0.25) is 5.28 Å². The average molecular weight is 255 g/mol. The molecular weight excluding hydrogens is 247 g/mol. The molecule has 1 N–H and O–H groups in total. The normalized spacial score (nSPS) is 10.1. The number of rotatable bonds is 3. The Hall–Kier alpha value is -1.39. The van der Waals surface area contributed by atoms with Crippen LogP contribution in [0.25, 0.3) is 0 Å². The smallest absolute Gasteiger partial charge is 0.224 e. The summed E-state index contributed by atoms with van der Waals surface area (Å²) in [6, 6.07) is 3.82. The van der Waals surface area contributed by atoms with Crippen LogP contribution in [0.2, 0.25) is 10.3 Å². The minimum Gasteiger partial charge on any atom is -0.365 e. The first-order chi connectivity index (χ1) is 7.75. The molecular formula is C10H8Cl2N4. The lowest BCUT2D eigenvalue weighted by Gasteiger charge is -2.06. The highest BCUT2D eigenvalue weighted by molar-refractivity contribution is 6.33. The van der Waals surface area contributed by atoms with Gasteiger partial charge in [0.1, 0.15) is 10.8 Å². The van der Waals surface area contributed by atoms with Gasteiger partial charge in [-0.25, -0.2) is 4.98 Å². The number of hydrogen-bond donors (Lipinski definition) is 1. The highest BCUT2D eigenvalue weighted by Gasteiger charge is 2.03. The lowest BCUT2D eigenvalue weighted by molar-refractivity contribution is 1.07. The van der Waals surface area contributed by atoms with Crippen LogP contribution in [-0.2, 0) is 6.54 Å². The second-order valence-electron chi connectivity index (χ2n) is 3.05. The van der Waals surface area contributed by atoms with Crippen molar-refractivity contribution in [2.75, 3.05) is 5.32 Å². The molecule has 0 fully saturated rings. The summed E-state index contributed by atoms with van der Waals surface area (Å²) in [5.74, 6) is 0.519. The highest BCUT2D eigenvalue weighted by Crippen LogP contribution is 2.19. The van der Waals surface area contributed by atoms with Crippen LogP contribution in [0.5, 0.6) is 0 Å². The Balaban J connectivity index is 2.08. The Morgan fingerprint density at radius 2 is 2.12 bits per heavy atom. The summed E-state index contributed by atoms with van der Waals surface area (Å²) < 4.78 is 0. The van der Waals surface area contributed by atoms with Crippen LogP contribution in [0.3, 0.4) is 0 Å². The van der Waals surface area contributed by atoms with Gasteiger partial charge in [0.15, 0.2) is 0 Å². The zero-order chi connectivity index (χ0) is 11.4. The summed E-state index contributed by atoms with van der Waals surface area (Å²) in [4.78, 5) is 11.7. The Kier molecular flexibility index (Phi) is 3.54. The second kappa shape index (κ2) is 5.09. The zero-order valence-electron chi connectivity index (χ0n) is 8.19. The lowest BCUT2D eigenvalue weighted by atomic mass is 10.3. The maximum absolute atomic E-state index is 5.90. The van der Waals surface area contributed by atoms with Gasteiger partial charge in [-0.05, 0) is 23.2 Å². The van der Waals surface area contributed by atoms with E-state index in [4.69, 9.17) is 23.2 Å². The Labute approximate surface area is 103 Å². The van der Waals surface area contributed by atoms with Crippen LogP contribution in [0.15, 0.2) is 30.7 Å². The number of halogens is 2. The molecule has 6 heteroatoms. The van der Waals surface area contributed by atoms with Gasteiger partial charge >= 0.3 is 0 Å². The Morgan fingerprint density at radius 1 is 1.25 bits per heavy atom. The van der Waals surface area contributed by atoms with Crippen molar-refractivity contribution in [3.63, 3.8) is 0 Å². The number of nitrogens with one attached hydrogen (secondary N) is 1. The summed E-state index contributed by atoms with van der Waals surface area (Å²) in [6.07, 6.45) is 4.95. The minimum absolute atomic E-state index is 0.165. The summed E-state index contributed by atoms with van der Waals surface area (Å²) in [5, 5.41) is 3.67.